The summed E-state index contributed by atoms with van der Waals surface area (Å²) in [5.74, 6) is 0.460. The molecule has 1 heterocycles. The zero-order valence-corrected chi connectivity index (χ0v) is 15.3. The fourth-order valence-electron chi connectivity index (χ4n) is 2.79. The van der Waals surface area contributed by atoms with Gasteiger partial charge in [-0.15, -0.1) is 0 Å². The van der Waals surface area contributed by atoms with Gasteiger partial charge >= 0.3 is 0 Å². The first-order chi connectivity index (χ1) is 11.9. The number of nitrogens with one attached hydrogen (secondary N) is 1. The van der Waals surface area contributed by atoms with Gasteiger partial charge in [-0.2, -0.15) is 0 Å². The minimum atomic E-state index is -0.349. The lowest BCUT2D eigenvalue weighted by Gasteiger charge is -2.26. The number of rotatable bonds is 8. The van der Waals surface area contributed by atoms with Gasteiger partial charge in [-0.1, -0.05) is 19.9 Å². The number of carbonyl (C=O) groups is 1. The summed E-state index contributed by atoms with van der Waals surface area (Å²) in [6.07, 6.45) is 0.148. The number of hydrogen-bond donors (Lipinski definition) is 1. The van der Waals surface area contributed by atoms with E-state index in [9.17, 15) is 9.18 Å². The lowest BCUT2D eigenvalue weighted by molar-refractivity contribution is -0.120. The van der Waals surface area contributed by atoms with E-state index in [1.54, 1.807) is 19.1 Å². The maximum absolute atomic E-state index is 13.3. The second kappa shape index (κ2) is 8.76. The van der Waals surface area contributed by atoms with Crippen LogP contribution < -0.4 is 5.32 Å². The first-order valence-corrected chi connectivity index (χ1v) is 8.67. The molecule has 1 aromatic heterocycles. The van der Waals surface area contributed by atoms with Gasteiger partial charge in [0, 0.05) is 18.2 Å². The van der Waals surface area contributed by atoms with E-state index in [1.807, 2.05) is 0 Å². The maximum atomic E-state index is 13.3. The van der Waals surface area contributed by atoms with E-state index in [2.05, 4.69) is 36.0 Å². The highest BCUT2D eigenvalue weighted by Crippen LogP contribution is 2.22. The molecule has 0 bridgehead atoms. The van der Waals surface area contributed by atoms with Crippen molar-refractivity contribution in [2.75, 3.05) is 19.6 Å². The Hall–Kier alpha value is -2.21. The van der Waals surface area contributed by atoms with Crippen LogP contribution in [0.2, 0.25) is 0 Å². The van der Waals surface area contributed by atoms with E-state index in [4.69, 9.17) is 4.42 Å². The Morgan fingerprint density at radius 1 is 1.36 bits per heavy atom. The molecule has 1 atom stereocenters. The summed E-state index contributed by atoms with van der Waals surface area (Å²) in [4.78, 5) is 18.8. The van der Waals surface area contributed by atoms with Crippen molar-refractivity contribution < 1.29 is 13.6 Å². The lowest BCUT2D eigenvalue weighted by Crippen LogP contribution is -2.42. The molecule has 1 unspecified atom stereocenters. The van der Waals surface area contributed by atoms with Gasteiger partial charge in [0.05, 0.1) is 12.1 Å². The summed E-state index contributed by atoms with van der Waals surface area (Å²) in [6.45, 7) is 10.6. The first kappa shape index (κ1) is 19.1. The Bertz CT molecular complexity index is 710. The second-order valence-corrected chi connectivity index (χ2v) is 6.08. The molecular formula is C19H26FN3O2. The van der Waals surface area contributed by atoms with Gasteiger partial charge in [0.1, 0.15) is 11.6 Å². The fourth-order valence-corrected chi connectivity index (χ4v) is 2.79. The molecule has 0 saturated heterocycles. The van der Waals surface area contributed by atoms with Crippen LogP contribution in [0, 0.1) is 12.7 Å². The normalized spacial score (nSPS) is 12.4. The van der Waals surface area contributed by atoms with E-state index >= 15 is 0 Å². The van der Waals surface area contributed by atoms with Crippen LogP contribution in [-0.4, -0.2) is 41.5 Å². The number of hydrogen-bond acceptors (Lipinski definition) is 4. The summed E-state index contributed by atoms with van der Waals surface area (Å²) >= 11 is 0. The summed E-state index contributed by atoms with van der Waals surface area (Å²) in [5, 5.41) is 2.94. The molecule has 2 aromatic rings. The molecule has 1 N–H and O–H groups in total. The largest absolute Gasteiger partial charge is 0.441 e. The summed E-state index contributed by atoms with van der Waals surface area (Å²) < 4.78 is 18.9. The van der Waals surface area contributed by atoms with Gasteiger partial charge in [-0.05, 0) is 45.1 Å². The van der Waals surface area contributed by atoms with E-state index < -0.39 is 0 Å². The van der Waals surface area contributed by atoms with Crippen LogP contribution in [0.4, 0.5) is 4.39 Å². The van der Waals surface area contributed by atoms with Crippen molar-refractivity contribution in [3.63, 3.8) is 0 Å². The zero-order chi connectivity index (χ0) is 18.4. The molecule has 0 aliphatic carbocycles. The molecule has 136 valence electrons. The van der Waals surface area contributed by atoms with Gasteiger partial charge in [0.15, 0.2) is 0 Å². The standard InChI is InChI=1S/C19H26FN3O2/c1-5-23(6-2)13(3)12-21-18(24)11-17-14(4)25-19(22-17)15-8-7-9-16(20)10-15/h7-10,13H,5-6,11-12H2,1-4H3,(H,21,24). The van der Waals surface area contributed by atoms with Crippen molar-refractivity contribution in [3.05, 3.63) is 41.5 Å². The zero-order valence-electron chi connectivity index (χ0n) is 15.3. The average Bonchev–Trinajstić information content (AvgIpc) is 2.95. The molecule has 6 heteroatoms. The van der Waals surface area contributed by atoms with Gasteiger partial charge in [0.25, 0.3) is 0 Å². The Kier molecular flexibility index (Phi) is 6.70. The number of halogens is 1. The molecule has 5 nitrogen and oxygen atoms in total. The van der Waals surface area contributed by atoms with Crippen LogP contribution in [0.25, 0.3) is 11.5 Å². The van der Waals surface area contributed by atoms with Crippen LogP contribution >= 0.6 is 0 Å². The minimum absolute atomic E-state index is 0.0961. The maximum Gasteiger partial charge on any atom is 0.226 e. The molecule has 0 saturated carbocycles. The summed E-state index contributed by atoms with van der Waals surface area (Å²) in [6, 6.07) is 6.33. The highest BCUT2D eigenvalue weighted by atomic mass is 19.1. The van der Waals surface area contributed by atoms with Gasteiger partial charge in [-0.25, -0.2) is 9.37 Å². The fraction of sp³-hybridized carbons (Fsp3) is 0.474. The van der Waals surface area contributed by atoms with E-state index in [1.165, 1.54) is 12.1 Å². The number of oxazole rings is 1. The third-order valence-corrected chi connectivity index (χ3v) is 4.32. The van der Waals surface area contributed by atoms with Crippen LogP contribution in [0.1, 0.15) is 32.2 Å². The van der Waals surface area contributed by atoms with Crippen molar-refractivity contribution in [2.24, 2.45) is 0 Å². The van der Waals surface area contributed by atoms with Gasteiger partial charge in [-0.3, -0.25) is 9.69 Å². The van der Waals surface area contributed by atoms with Gasteiger partial charge in [0.2, 0.25) is 11.8 Å². The lowest BCUT2D eigenvalue weighted by atomic mass is 10.2. The topological polar surface area (TPSA) is 58.4 Å². The number of aryl methyl sites for hydroxylation is 1. The minimum Gasteiger partial charge on any atom is -0.441 e. The Morgan fingerprint density at radius 3 is 2.72 bits per heavy atom. The quantitative estimate of drug-likeness (QED) is 0.797. The van der Waals surface area contributed by atoms with Crippen LogP contribution in [-0.2, 0) is 11.2 Å². The van der Waals surface area contributed by atoms with Crippen molar-refractivity contribution in [3.8, 4) is 11.5 Å². The van der Waals surface area contributed by atoms with Crippen molar-refractivity contribution in [1.29, 1.82) is 0 Å². The van der Waals surface area contributed by atoms with E-state index in [-0.39, 0.29) is 24.2 Å². The number of likely N-dealkylation sites (N-methyl/N-ethyl adjacent to an activating group) is 1. The predicted octanol–water partition coefficient (Wildman–Crippen LogP) is 3.18. The molecule has 2 rings (SSSR count). The highest BCUT2D eigenvalue weighted by molar-refractivity contribution is 5.78. The summed E-state index contributed by atoms with van der Waals surface area (Å²) in [5.41, 5.74) is 1.14. The molecule has 0 spiro atoms. The molecule has 0 radical (unpaired) electrons. The molecule has 0 fully saturated rings. The smallest absolute Gasteiger partial charge is 0.226 e. The van der Waals surface area contributed by atoms with E-state index in [0.717, 1.165) is 13.1 Å². The molecule has 1 aromatic carbocycles. The Morgan fingerprint density at radius 2 is 2.08 bits per heavy atom. The highest BCUT2D eigenvalue weighted by Gasteiger charge is 2.16. The second-order valence-electron chi connectivity index (χ2n) is 6.08. The van der Waals surface area contributed by atoms with Gasteiger partial charge < -0.3 is 9.73 Å². The molecule has 0 aliphatic heterocycles. The number of nitrogens with zero attached hydrogens (tertiary/aromatic N) is 2. The van der Waals surface area contributed by atoms with Crippen molar-refractivity contribution in [1.82, 2.24) is 15.2 Å². The van der Waals surface area contributed by atoms with Crippen molar-refractivity contribution in [2.45, 2.75) is 40.2 Å². The van der Waals surface area contributed by atoms with E-state index in [0.29, 0.717) is 29.5 Å². The Labute approximate surface area is 148 Å². The third kappa shape index (κ3) is 5.13. The number of carbonyl (C=O) groups excluding carboxylic acids is 1. The molecular weight excluding hydrogens is 321 g/mol. The molecule has 0 aliphatic rings. The predicted molar refractivity (Wildman–Crippen MR) is 95.7 cm³/mol. The van der Waals surface area contributed by atoms with Crippen LogP contribution in [0.5, 0.6) is 0 Å². The van der Waals surface area contributed by atoms with Crippen LogP contribution in [0.15, 0.2) is 28.7 Å². The van der Waals surface area contributed by atoms with Crippen LogP contribution in [0.3, 0.4) is 0 Å². The summed E-state index contributed by atoms with van der Waals surface area (Å²) in [7, 11) is 0. The molecule has 1 amide bonds. The monoisotopic (exact) mass is 347 g/mol. The average molecular weight is 347 g/mol. The number of benzene rings is 1. The SMILES string of the molecule is CCN(CC)C(C)CNC(=O)Cc1nc(-c2cccc(F)c2)oc1C. The molecule has 25 heavy (non-hydrogen) atoms. The first-order valence-electron chi connectivity index (χ1n) is 8.67. The van der Waals surface area contributed by atoms with Crippen molar-refractivity contribution >= 4 is 5.91 Å². The number of amides is 1. The Balaban J connectivity index is 1.97. The third-order valence-electron chi connectivity index (χ3n) is 4.32. The number of aromatic nitrogens is 1.